The Labute approximate surface area is 113 Å². The maximum atomic E-state index is 5.88. The van der Waals surface area contributed by atoms with E-state index in [-0.39, 0.29) is 0 Å². The predicted octanol–water partition coefficient (Wildman–Crippen LogP) is 4.72. The van der Waals surface area contributed by atoms with Crippen molar-refractivity contribution in [2.24, 2.45) is 5.92 Å². The third-order valence-electron chi connectivity index (χ3n) is 3.52. The fourth-order valence-corrected chi connectivity index (χ4v) is 3.15. The standard InChI is InChI=1S/C15H21BrO/c1-2-3-9-14-10-13(11-17-14)15(16)12-7-5-4-6-8-12/h4-8,13-15H,2-3,9-11H2,1H3/t13-,14+,15?/m0/s1. The van der Waals surface area contributed by atoms with Crippen molar-refractivity contribution >= 4 is 15.9 Å². The van der Waals surface area contributed by atoms with E-state index in [0.29, 0.717) is 16.8 Å². The summed E-state index contributed by atoms with van der Waals surface area (Å²) in [4.78, 5) is 0.440. The lowest BCUT2D eigenvalue weighted by Gasteiger charge is -2.16. The van der Waals surface area contributed by atoms with E-state index >= 15 is 0 Å². The molecule has 1 aromatic rings. The topological polar surface area (TPSA) is 9.23 Å². The minimum Gasteiger partial charge on any atom is -0.378 e. The molecule has 1 aliphatic heterocycles. The Morgan fingerprint density at radius 1 is 1.35 bits per heavy atom. The normalized spacial score (nSPS) is 26.0. The number of halogens is 1. The molecule has 2 heteroatoms. The van der Waals surface area contributed by atoms with Crippen LogP contribution in [-0.4, -0.2) is 12.7 Å². The first kappa shape index (κ1) is 13.1. The van der Waals surface area contributed by atoms with Crippen molar-refractivity contribution in [2.45, 2.75) is 43.5 Å². The van der Waals surface area contributed by atoms with Gasteiger partial charge in [0.05, 0.1) is 12.7 Å². The second kappa shape index (κ2) is 6.55. The van der Waals surface area contributed by atoms with Crippen LogP contribution in [0.2, 0.25) is 0 Å². The highest BCUT2D eigenvalue weighted by Crippen LogP contribution is 2.38. The molecule has 0 radical (unpaired) electrons. The number of rotatable bonds is 5. The average molecular weight is 297 g/mol. The Balaban J connectivity index is 1.88. The van der Waals surface area contributed by atoms with E-state index in [4.69, 9.17) is 4.74 Å². The molecule has 2 rings (SSSR count). The molecule has 17 heavy (non-hydrogen) atoms. The maximum Gasteiger partial charge on any atom is 0.0579 e. The van der Waals surface area contributed by atoms with Gasteiger partial charge in [0, 0.05) is 10.7 Å². The van der Waals surface area contributed by atoms with Crippen LogP contribution in [0.3, 0.4) is 0 Å². The third kappa shape index (κ3) is 3.56. The zero-order valence-corrected chi connectivity index (χ0v) is 12.0. The Bertz CT molecular complexity index is 325. The van der Waals surface area contributed by atoms with Gasteiger partial charge in [-0.25, -0.2) is 0 Å². The fraction of sp³-hybridized carbons (Fsp3) is 0.600. The smallest absolute Gasteiger partial charge is 0.0579 e. The van der Waals surface area contributed by atoms with Crippen LogP contribution >= 0.6 is 15.9 Å². The van der Waals surface area contributed by atoms with E-state index in [2.05, 4.69) is 53.2 Å². The Hall–Kier alpha value is -0.340. The molecule has 0 spiro atoms. The van der Waals surface area contributed by atoms with Crippen molar-refractivity contribution in [2.75, 3.05) is 6.61 Å². The average Bonchev–Trinajstić information content (AvgIpc) is 2.85. The van der Waals surface area contributed by atoms with Gasteiger partial charge in [-0.2, -0.15) is 0 Å². The summed E-state index contributed by atoms with van der Waals surface area (Å²) in [5.74, 6) is 0.624. The summed E-state index contributed by atoms with van der Waals surface area (Å²) in [5.41, 5.74) is 1.37. The predicted molar refractivity (Wildman–Crippen MR) is 75.5 cm³/mol. The zero-order chi connectivity index (χ0) is 12.1. The molecule has 1 unspecified atom stereocenters. The monoisotopic (exact) mass is 296 g/mol. The molecule has 0 aliphatic carbocycles. The van der Waals surface area contributed by atoms with Crippen molar-refractivity contribution < 1.29 is 4.74 Å². The molecule has 0 aromatic heterocycles. The van der Waals surface area contributed by atoms with Crippen LogP contribution in [0, 0.1) is 5.92 Å². The van der Waals surface area contributed by atoms with Crippen molar-refractivity contribution in [1.82, 2.24) is 0 Å². The lowest BCUT2D eigenvalue weighted by atomic mass is 9.95. The Morgan fingerprint density at radius 2 is 2.12 bits per heavy atom. The summed E-state index contributed by atoms with van der Waals surface area (Å²) in [6.45, 7) is 3.14. The maximum absolute atomic E-state index is 5.88. The van der Waals surface area contributed by atoms with Crippen molar-refractivity contribution in [1.29, 1.82) is 0 Å². The molecule has 1 heterocycles. The number of hydrogen-bond donors (Lipinski definition) is 0. The molecule has 1 aliphatic rings. The molecule has 0 bridgehead atoms. The van der Waals surface area contributed by atoms with Crippen LogP contribution in [0.15, 0.2) is 30.3 Å². The fourth-order valence-electron chi connectivity index (χ4n) is 2.48. The SMILES string of the molecule is CCCC[C@@H]1C[C@H](C(Br)c2ccccc2)CO1. The summed E-state index contributed by atoms with van der Waals surface area (Å²) in [7, 11) is 0. The first-order chi connectivity index (χ1) is 8.31. The van der Waals surface area contributed by atoms with Gasteiger partial charge in [0.25, 0.3) is 0 Å². The van der Waals surface area contributed by atoms with E-state index in [1.54, 1.807) is 0 Å². The van der Waals surface area contributed by atoms with Gasteiger partial charge in [0.1, 0.15) is 0 Å². The molecule has 1 saturated heterocycles. The second-order valence-corrected chi connectivity index (χ2v) is 5.89. The zero-order valence-electron chi connectivity index (χ0n) is 10.4. The highest BCUT2D eigenvalue weighted by atomic mass is 79.9. The van der Waals surface area contributed by atoms with Crippen molar-refractivity contribution in [3.63, 3.8) is 0 Å². The molecule has 0 amide bonds. The van der Waals surface area contributed by atoms with Gasteiger partial charge >= 0.3 is 0 Å². The van der Waals surface area contributed by atoms with E-state index in [1.165, 1.54) is 31.2 Å². The first-order valence-electron chi connectivity index (χ1n) is 6.62. The van der Waals surface area contributed by atoms with Crippen LogP contribution in [0.4, 0.5) is 0 Å². The molecular formula is C15H21BrO. The largest absolute Gasteiger partial charge is 0.378 e. The van der Waals surface area contributed by atoms with Crippen LogP contribution < -0.4 is 0 Å². The number of benzene rings is 1. The van der Waals surface area contributed by atoms with Gasteiger partial charge < -0.3 is 4.74 Å². The first-order valence-corrected chi connectivity index (χ1v) is 7.53. The minimum atomic E-state index is 0.440. The van der Waals surface area contributed by atoms with Gasteiger partial charge in [0.15, 0.2) is 0 Å². The molecule has 3 atom stereocenters. The number of alkyl halides is 1. The highest BCUT2D eigenvalue weighted by molar-refractivity contribution is 9.09. The van der Waals surface area contributed by atoms with Crippen molar-refractivity contribution in [3.05, 3.63) is 35.9 Å². The molecule has 1 aromatic carbocycles. The van der Waals surface area contributed by atoms with Crippen LogP contribution in [0.5, 0.6) is 0 Å². The molecule has 0 saturated carbocycles. The van der Waals surface area contributed by atoms with Crippen LogP contribution in [-0.2, 0) is 4.74 Å². The van der Waals surface area contributed by atoms with E-state index < -0.39 is 0 Å². The summed E-state index contributed by atoms with van der Waals surface area (Å²) in [6, 6.07) is 10.7. The molecule has 1 nitrogen and oxygen atoms in total. The number of ether oxygens (including phenoxy) is 1. The van der Waals surface area contributed by atoms with Crippen molar-refractivity contribution in [3.8, 4) is 0 Å². The third-order valence-corrected chi connectivity index (χ3v) is 4.80. The lowest BCUT2D eigenvalue weighted by molar-refractivity contribution is 0.0982. The summed E-state index contributed by atoms with van der Waals surface area (Å²) < 4.78 is 5.88. The van der Waals surface area contributed by atoms with E-state index in [0.717, 1.165) is 6.61 Å². The molecule has 0 N–H and O–H groups in total. The van der Waals surface area contributed by atoms with Gasteiger partial charge in [-0.15, -0.1) is 0 Å². The van der Waals surface area contributed by atoms with Crippen LogP contribution in [0.1, 0.15) is 43.0 Å². The van der Waals surface area contributed by atoms with Crippen LogP contribution in [0.25, 0.3) is 0 Å². The van der Waals surface area contributed by atoms with E-state index in [9.17, 15) is 0 Å². The Morgan fingerprint density at radius 3 is 2.82 bits per heavy atom. The number of unbranched alkanes of at least 4 members (excludes halogenated alkanes) is 1. The summed E-state index contributed by atoms with van der Waals surface area (Å²) in [6.07, 6.45) is 5.46. The summed E-state index contributed by atoms with van der Waals surface area (Å²) >= 11 is 3.83. The molecule has 94 valence electrons. The second-order valence-electron chi connectivity index (χ2n) is 4.91. The summed E-state index contributed by atoms with van der Waals surface area (Å²) in [5, 5.41) is 0. The van der Waals surface area contributed by atoms with Gasteiger partial charge in [-0.1, -0.05) is 66.0 Å². The Kier molecular flexibility index (Phi) is 5.05. The molecular weight excluding hydrogens is 276 g/mol. The lowest BCUT2D eigenvalue weighted by Crippen LogP contribution is -2.08. The number of hydrogen-bond acceptors (Lipinski definition) is 1. The molecule has 1 fully saturated rings. The minimum absolute atomic E-state index is 0.440. The van der Waals surface area contributed by atoms with Gasteiger partial charge in [0.2, 0.25) is 0 Å². The highest BCUT2D eigenvalue weighted by Gasteiger charge is 2.30. The quantitative estimate of drug-likeness (QED) is 0.715. The van der Waals surface area contributed by atoms with Gasteiger partial charge in [-0.05, 0) is 18.4 Å². The van der Waals surface area contributed by atoms with Gasteiger partial charge in [-0.3, -0.25) is 0 Å². The van der Waals surface area contributed by atoms with E-state index in [1.807, 2.05) is 0 Å².